The number of ether oxygens (including phenoxy) is 1. The molecule has 140 valence electrons. The molecule has 0 unspecified atom stereocenters. The van der Waals surface area contributed by atoms with Crippen LogP contribution in [0.2, 0.25) is 0 Å². The largest absolute Gasteiger partial charge is 0.489 e. The standard InChI is InChI=1S/C21H27FN2O2/c1-3-9-19(17-10-5-4-6-11-17)24-21(25)16(2)23-14-15-26-20-13-8-7-12-18(20)22/h4-8,10-13,16,19,23H,3,9,14-15H2,1-2H3,(H,24,25)/t16-,19+/m0/s1. The van der Waals surface area contributed by atoms with Gasteiger partial charge in [0, 0.05) is 6.54 Å². The SMILES string of the molecule is CCC[C@@H](NC(=O)[C@H](C)NCCOc1ccccc1F)c1ccccc1. The first kappa shape index (κ1) is 19.9. The van der Waals surface area contributed by atoms with Crippen molar-refractivity contribution in [1.29, 1.82) is 0 Å². The average molecular weight is 358 g/mol. The predicted octanol–water partition coefficient (Wildman–Crippen LogP) is 3.84. The zero-order chi connectivity index (χ0) is 18.8. The van der Waals surface area contributed by atoms with Crippen LogP contribution in [-0.2, 0) is 4.79 Å². The zero-order valence-corrected chi connectivity index (χ0v) is 15.4. The van der Waals surface area contributed by atoms with Crippen LogP contribution in [0.15, 0.2) is 54.6 Å². The van der Waals surface area contributed by atoms with Crippen molar-refractivity contribution in [2.24, 2.45) is 0 Å². The predicted molar refractivity (Wildman–Crippen MR) is 102 cm³/mol. The van der Waals surface area contributed by atoms with Gasteiger partial charge >= 0.3 is 0 Å². The Kier molecular flexibility index (Phi) is 8.09. The Morgan fingerprint density at radius 3 is 2.50 bits per heavy atom. The van der Waals surface area contributed by atoms with Gasteiger partial charge in [0.1, 0.15) is 6.61 Å². The summed E-state index contributed by atoms with van der Waals surface area (Å²) >= 11 is 0. The fourth-order valence-corrected chi connectivity index (χ4v) is 2.68. The van der Waals surface area contributed by atoms with Gasteiger partial charge in [-0.3, -0.25) is 4.79 Å². The molecule has 0 radical (unpaired) electrons. The molecule has 2 aromatic rings. The molecule has 1 amide bonds. The maximum Gasteiger partial charge on any atom is 0.237 e. The molecule has 0 aromatic heterocycles. The van der Waals surface area contributed by atoms with Crippen LogP contribution >= 0.6 is 0 Å². The van der Waals surface area contributed by atoms with E-state index in [9.17, 15) is 9.18 Å². The van der Waals surface area contributed by atoms with Crippen LogP contribution in [0.5, 0.6) is 5.75 Å². The van der Waals surface area contributed by atoms with Gasteiger partial charge in [0.15, 0.2) is 11.6 Å². The van der Waals surface area contributed by atoms with Gasteiger partial charge in [-0.2, -0.15) is 0 Å². The van der Waals surface area contributed by atoms with Gasteiger partial charge in [-0.1, -0.05) is 55.8 Å². The first-order valence-electron chi connectivity index (χ1n) is 9.07. The van der Waals surface area contributed by atoms with Crippen LogP contribution in [0.4, 0.5) is 4.39 Å². The minimum absolute atomic E-state index is 0.00705. The summed E-state index contributed by atoms with van der Waals surface area (Å²) < 4.78 is 18.9. The van der Waals surface area contributed by atoms with Crippen molar-refractivity contribution in [1.82, 2.24) is 10.6 Å². The lowest BCUT2D eigenvalue weighted by atomic mass is 10.0. The average Bonchev–Trinajstić information content (AvgIpc) is 2.66. The molecule has 2 atom stereocenters. The van der Waals surface area contributed by atoms with Gasteiger partial charge in [-0.15, -0.1) is 0 Å². The first-order chi connectivity index (χ1) is 12.6. The van der Waals surface area contributed by atoms with E-state index >= 15 is 0 Å². The molecule has 0 fully saturated rings. The zero-order valence-electron chi connectivity index (χ0n) is 15.4. The summed E-state index contributed by atoms with van der Waals surface area (Å²) in [4.78, 5) is 12.4. The minimum Gasteiger partial charge on any atom is -0.489 e. The van der Waals surface area contributed by atoms with E-state index in [4.69, 9.17) is 4.74 Å². The van der Waals surface area contributed by atoms with Crippen molar-refractivity contribution in [3.8, 4) is 5.75 Å². The van der Waals surface area contributed by atoms with Gasteiger partial charge in [0.05, 0.1) is 12.1 Å². The molecule has 0 aliphatic rings. The van der Waals surface area contributed by atoms with Crippen LogP contribution in [0, 0.1) is 5.82 Å². The Labute approximate surface area is 154 Å². The fraction of sp³-hybridized carbons (Fsp3) is 0.381. The Hall–Kier alpha value is -2.40. The smallest absolute Gasteiger partial charge is 0.237 e. The molecule has 26 heavy (non-hydrogen) atoms. The Bertz CT molecular complexity index is 679. The van der Waals surface area contributed by atoms with Gasteiger partial charge < -0.3 is 15.4 Å². The highest BCUT2D eigenvalue weighted by molar-refractivity contribution is 5.81. The van der Waals surface area contributed by atoms with Crippen molar-refractivity contribution in [2.75, 3.05) is 13.2 Å². The van der Waals surface area contributed by atoms with Gasteiger partial charge in [0.25, 0.3) is 0 Å². The van der Waals surface area contributed by atoms with E-state index in [1.165, 1.54) is 6.07 Å². The first-order valence-corrected chi connectivity index (χ1v) is 9.07. The normalized spacial score (nSPS) is 13.0. The number of benzene rings is 2. The quantitative estimate of drug-likeness (QED) is 0.635. The molecule has 2 rings (SSSR count). The third-order valence-electron chi connectivity index (χ3n) is 4.14. The number of para-hydroxylation sites is 1. The van der Waals surface area contributed by atoms with Crippen LogP contribution in [0.25, 0.3) is 0 Å². The maximum atomic E-state index is 13.5. The van der Waals surface area contributed by atoms with E-state index in [1.54, 1.807) is 18.2 Å². The molecule has 0 aliphatic carbocycles. The molecule has 5 heteroatoms. The molecule has 0 bridgehead atoms. The minimum atomic E-state index is -0.386. The molecule has 0 saturated heterocycles. The molecule has 2 aromatic carbocycles. The number of hydrogen-bond acceptors (Lipinski definition) is 3. The molecule has 4 nitrogen and oxygen atoms in total. The number of hydrogen-bond donors (Lipinski definition) is 2. The molecular weight excluding hydrogens is 331 g/mol. The van der Waals surface area contributed by atoms with E-state index < -0.39 is 0 Å². The highest BCUT2D eigenvalue weighted by Gasteiger charge is 2.18. The Morgan fingerprint density at radius 1 is 1.12 bits per heavy atom. The lowest BCUT2D eigenvalue weighted by molar-refractivity contribution is -0.123. The van der Waals surface area contributed by atoms with E-state index in [0.29, 0.717) is 6.54 Å². The second kappa shape index (κ2) is 10.6. The van der Waals surface area contributed by atoms with Gasteiger partial charge in [-0.25, -0.2) is 4.39 Å². The van der Waals surface area contributed by atoms with Crippen molar-refractivity contribution in [2.45, 2.75) is 38.8 Å². The van der Waals surface area contributed by atoms with Crippen molar-refractivity contribution in [3.05, 3.63) is 66.0 Å². The third kappa shape index (κ3) is 6.15. The molecule has 0 aliphatic heterocycles. The second-order valence-electron chi connectivity index (χ2n) is 6.22. The highest BCUT2D eigenvalue weighted by Crippen LogP contribution is 2.18. The number of carbonyl (C=O) groups is 1. The van der Waals surface area contributed by atoms with Crippen molar-refractivity contribution >= 4 is 5.91 Å². The number of amides is 1. The molecular formula is C21H27FN2O2. The second-order valence-corrected chi connectivity index (χ2v) is 6.22. The van der Waals surface area contributed by atoms with E-state index in [0.717, 1.165) is 18.4 Å². The van der Waals surface area contributed by atoms with Crippen molar-refractivity contribution < 1.29 is 13.9 Å². The number of nitrogens with one attached hydrogen (secondary N) is 2. The molecule has 2 N–H and O–H groups in total. The van der Waals surface area contributed by atoms with E-state index in [1.807, 2.05) is 37.3 Å². The highest BCUT2D eigenvalue weighted by atomic mass is 19.1. The van der Waals surface area contributed by atoms with Crippen LogP contribution in [0.3, 0.4) is 0 Å². The number of carbonyl (C=O) groups excluding carboxylic acids is 1. The van der Waals surface area contributed by atoms with Gasteiger partial charge in [0.2, 0.25) is 5.91 Å². The topological polar surface area (TPSA) is 50.4 Å². The van der Waals surface area contributed by atoms with Gasteiger partial charge in [-0.05, 0) is 31.0 Å². The maximum absolute atomic E-state index is 13.5. The fourth-order valence-electron chi connectivity index (χ4n) is 2.68. The van der Waals surface area contributed by atoms with Crippen LogP contribution in [-0.4, -0.2) is 25.1 Å². The van der Waals surface area contributed by atoms with E-state index in [2.05, 4.69) is 17.6 Å². The lowest BCUT2D eigenvalue weighted by Gasteiger charge is -2.22. The summed E-state index contributed by atoms with van der Waals surface area (Å²) in [7, 11) is 0. The number of halogens is 1. The third-order valence-corrected chi connectivity index (χ3v) is 4.14. The van der Waals surface area contributed by atoms with Crippen molar-refractivity contribution in [3.63, 3.8) is 0 Å². The summed E-state index contributed by atoms with van der Waals surface area (Å²) in [6, 6.07) is 15.9. The summed E-state index contributed by atoms with van der Waals surface area (Å²) in [5.74, 6) is -0.222. The molecule has 0 heterocycles. The summed E-state index contributed by atoms with van der Waals surface area (Å²) in [6.45, 7) is 4.65. The molecule has 0 saturated carbocycles. The lowest BCUT2D eigenvalue weighted by Crippen LogP contribution is -2.44. The summed E-state index contributed by atoms with van der Waals surface area (Å²) in [5, 5.41) is 6.21. The summed E-state index contributed by atoms with van der Waals surface area (Å²) in [5.41, 5.74) is 1.11. The van der Waals surface area contributed by atoms with Crippen LogP contribution < -0.4 is 15.4 Å². The number of rotatable bonds is 10. The van der Waals surface area contributed by atoms with E-state index in [-0.39, 0.29) is 36.2 Å². The molecule has 0 spiro atoms. The summed E-state index contributed by atoms with van der Waals surface area (Å²) in [6.07, 6.45) is 1.87. The Balaban J connectivity index is 1.78. The monoisotopic (exact) mass is 358 g/mol. The Morgan fingerprint density at radius 2 is 1.81 bits per heavy atom. The van der Waals surface area contributed by atoms with Crippen LogP contribution in [0.1, 0.15) is 38.3 Å².